The number of carbonyl (C=O) groups is 1. The maximum Gasteiger partial charge on any atom is 0.234 e. The molecular weight excluding hydrogens is 563 g/mol. The zero-order valence-corrected chi connectivity index (χ0v) is 23.0. The Morgan fingerprint density at radius 3 is 2.64 bits per heavy atom. The number of halogens is 1. The van der Waals surface area contributed by atoms with E-state index in [9.17, 15) is 4.79 Å². The Kier molecular flexibility index (Phi) is 9.88. The molecule has 1 aromatic heterocycles. The van der Waals surface area contributed by atoms with E-state index in [1.165, 1.54) is 22.9 Å². The van der Waals surface area contributed by atoms with Gasteiger partial charge in [0.05, 0.1) is 11.5 Å². The lowest BCUT2D eigenvalue weighted by atomic mass is 10.0. The van der Waals surface area contributed by atoms with E-state index < -0.39 is 0 Å². The average molecular weight is 593 g/mol. The molecule has 3 rings (SSSR count). The summed E-state index contributed by atoms with van der Waals surface area (Å²) in [6, 6.07) is 14.7. The van der Waals surface area contributed by atoms with Gasteiger partial charge in [-0.3, -0.25) is 4.79 Å². The number of anilines is 1. The second kappa shape index (κ2) is 12.6. The summed E-state index contributed by atoms with van der Waals surface area (Å²) in [5.74, 6) is 3.12. The Hall–Kier alpha value is -1.78. The summed E-state index contributed by atoms with van der Waals surface area (Å²) < 4.78 is 3.20. The molecule has 0 aliphatic heterocycles. The Labute approximate surface area is 218 Å². The summed E-state index contributed by atoms with van der Waals surface area (Å²) in [6.07, 6.45) is 1.84. The molecule has 5 nitrogen and oxygen atoms in total. The van der Waals surface area contributed by atoms with Crippen LogP contribution in [0.15, 0.2) is 60.3 Å². The van der Waals surface area contributed by atoms with E-state index in [2.05, 4.69) is 95.8 Å². The number of nitrogens with one attached hydrogen (secondary N) is 1. The van der Waals surface area contributed by atoms with E-state index in [1.54, 1.807) is 11.8 Å². The maximum absolute atomic E-state index is 12.7. The van der Waals surface area contributed by atoms with Gasteiger partial charge in [0.25, 0.3) is 0 Å². The number of aryl methyl sites for hydroxylation is 1. The van der Waals surface area contributed by atoms with E-state index in [0.717, 1.165) is 37.3 Å². The minimum absolute atomic E-state index is 0.0495. The van der Waals surface area contributed by atoms with Crippen LogP contribution in [0.4, 0.5) is 5.69 Å². The van der Waals surface area contributed by atoms with Crippen molar-refractivity contribution in [2.45, 2.75) is 49.9 Å². The molecule has 0 saturated heterocycles. The molecule has 0 atom stereocenters. The lowest BCUT2D eigenvalue weighted by Crippen LogP contribution is -2.16. The molecule has 1 N–H and O–H groups in total. The standard InChI is InChI=1S/C25H29IN4OS2/c1-5-12-30-23(15-32-14-19-8-6-18(4)7-9-19)28-29-25(30)33-16-24(31)27-22-11-10-20(26)13-21(22)17(2)3/h5-11,13,17H,1,12,14-16H2,2-4H3,(H,27,31). The van der Waals surface area contributed by atoms with Crippen molar-refractivity contribution in [1.29, 1.82) is 0 Å². The van der Waals surface area contributed by atoms with Crippen molar-refractivity contribution in [3.63, 3.8) is 0 Å². The summed E-state index contributed by atoms with van der Waals surface area (Å²) in [7, 11) is 0. The van der Waals surface area contributed by atoms with Crippen molar-refractivity contribution >= 4 is 57.7 Å². The van der Waals surface area contributed by atoms with Crippen molar-refractivity contribution < 1.29 is 4.79 Å². The van der Waals surface area contributed by atoms with E-state index in [-0.39, 0.29) is 11.7 Å². The first-order valence-corrected chi connectivity index (χ1v) is 14.0. The second-order valence-corrected chi connectivity index (χ2v) is 11.2. The van der Waals surface area contributed by atoms with Crippen LogP contribution in [0.5, 0.6) is 0 Å². The summed E-state index contributed by atoms with van der Waals surface area (Å²) >= 11 is 5.50. The summed E-state index contributed by atoms with van der Waals surface area (Å²) in [6.45, 7) is 10.8. The molecule has 0 aliphatic rings. The highest BCUT2D eigenvalue weighted by Gasteiger charge is 2.15. The quantitative estimate of drug-likeness (QED) is 0.153. The molecule has 1 heterocycles. The first-order valence-electron chi connectivity index (χ1n) is 10.8. The van der Waals surface area contributed by atoms with Gasteiger partial charge >= 0.3 is 0 Å². The first kappa shape index (κ1) is 25.8. The van der Waals surface area contributed by atoms with Gasteiger partial charge in [-0.15, -0.1) is 28.5 Å². The zero-order valence-electron chi connectivity index (χ0n) is 19.2. The van der Waals surface area contributed by atoms with Gasteiger partial charge < -0.3 is 9.88 Å². The van der Waals surface area contributed by atoms with Crippen molar-refractivity contribution in [1.82, 2.24) is 14.8 Å². The first-order chi connectivity index (χ1) is 15.9. The third kappa shape index (κ3) is 7.61. The lowest BCUT2D eigenvalue weighted by molar-refractivity contribution is -0.113. The van der Waals surface area contributed by atoms with Crippen LogP contribution in [0.3, 0.4) is 0 Å². The lowest BCUT2D eigenvalue weighted by Gasteiger charge is -2.14. The van der Waals surface area contributed by atoms with Gasteiger partial charge in [-0.25, -0.2) is 0 Å². The number of thioether (sulfide) groups is 2. The molecule has 0 radical (unpaired) electrons. The van der Waals surface area contributed by atoms with Crippen molar-refractivity contribution in [3.8, 4) is 0 Å². The fraction of sp³-hybridized carbons (Fsp3) is 0.320. The minimum atomic E-state index is -0.0495. The number of amides is 1. The van der Waals surface area contributed by atoms with Gasteiger partial charge in [-0.1, -0.05) is 61.5 Å². The molecule has 174 valence electrons. The molecule has 33 heavy (non-hydrogen) atoms. The Balaban J connectivity index is 1.59. The van der Waals surface area contributed by atoms with Crippen LogP contribution in [-0.4, -0.2) is 26.4 Å². The number of hydrogen-bond donors (Lipinski definition) is 1. The third-order valence-electron chi connectivity index (χ3n) is 4.97. The predicted octanol–water partition coefficient (Wildman–Crippen LogP) is 6.66. The fourth-order valence-corrected chi connectivity index (χ4v) is 5.44. The monoisotopic (exact) mass is 592 g/mol. The van der Waals surface area contributed by atoms with E-state index >= 15 is 0 Å². The predicted molar refractivity (Wildman–Crippen MR) is 149 cm³/mol. The molecule has 0 bridgehead atoms. The van der Waals surface area contributed by atoms with E-state index in [4.69, 9.17) is 0 Å². The number of benzene rings is 2. The summed E-state index contributed by atoms with van der Waals surface area (Å²) in [4.78, 5) is 12.7. The Bertz CT molecular complexity index is 1100. The molecule has 0 fully saturated rings. The van der Waals surface area contributed by atoms with E-state index in [1.807, 2.05) is 22.8 Å². The van der Waals surface area contributed by atoms with Crippen LogP contribution in [0.1, 0.15) is 42.3 Å². The average Bonchev–Trinajstić information content (AvgIpc) is 3.16. The van der Waals surface area contributed by atoms with Crippen LogP contribution in [0.2, 0.25) is 0 Å². The summed E-state index contributed by atoms with van der Waals surface area (Å²) in [5.41, 5.74) is 4.57. The largest absolute Gasteiger partial charge is 0.325 e. The highest BCUT2D eigenvalue weighted by Crippen LogP contribution is 2.27. The second-order valence-electron chi connectivity index (χ2n) is 8.00. The van der Waals surface area contributed by atoms with Crippen molar-refractivity contribution in [2.75, 3.05) is 11.1 Å². The normalized spacial score (nSPS) is 11.1. The highest BCUT2D eigenvalue weighted by atomic mass is 127. The van der Waals surface area contributed by atoms with Crippen LogP contribution >= 0.6 is 46.1 Å². The highest BCUT2D eigenvalue weighted by molar-refractivity contribution is 14.1. The molecule has 0 spiro atoms. The van der Waals surface area contributed by atoms with Gasteiger partial charge in [0.2, 0.25) is 5.91 Å². The smallest absolute Gasteiger partial charge is 0.234 e. The van der Waals surface area contributed by atoms with E-state index in [0.29, 0.717) is 12.5 Å². The van der Waals surface area contributed by atoms with Crippen LogP contribution in [0, 0.1) is 10.5 Å². The van der Waals surface area contributed by atoms with Crippen molar-refractivity contribution in [3.05, 3.63) is 81.2 Å². The Morgan fingerprint density at radius 1 is 1.18 bits per heavy atom. The van der Waals surface area contributed by atoms with Crippen LogP contribution in [0.25, 0.3) is 0 Å². The van der Waals surface area contributed by atoms with Gasteiger partial charge in [0, 0.05) is 21.6 Å². The molecule has 0 aliphatic carbocycles. The van der Waals surface area contributed by atoms with Gasteiger partial charge in [-0.2, -0.15) is 0 Å². The summed E-state index contributed by atoms with van der Waals surface area (Å²) in [5, 5.41) is 12.5. The molecular formula is C25H29IN4OS2. The molecule has 1 amide bonds. The topological polar surface area (TPSA) is 59.8 Å². The van der Waals surface area contributed by atoms with Crippen LogP contribution in [-0.2, 0) is 22.8 Å². The zero-order chi connectivity index (χ0) is 23.8. The maximum atomic E-state index is 12.7. The molecule has 8 heteroatoms. The molecule has 2 aromatic carbocycles. The molecule has 0 unspecified atom stereocenters. The number of hydrogen-bond acceptors (Lipinski definition) is 5. The Morgan fingerprint density at radius 2 is 1.94 bits per heavy atom. The third-order valence-corrected chi connectivity index (χ3v) is 7.61. The molecule has 0 saturated carbocycles. The van der Waals surface area contributed by atoms with Crippen molar-refractivity contribution in [2.24, 2.45) is 0 Å². The minimum Gasteiger partial charge on any atom is -0.325 e. The number of nitrogens with zero attached hydrogens (tertiary/aromatic N) is 3. The number of rotatable bonds is 11. The number of aromatic nitrogens is 3. The SMILES string of the molecule is C=CCn1c(CSCc2ccc(C)cc2)nnc1SCC(=O)Nc1ccc(I)cc1C(C)C. The number of allylic oxidation sites excluding steroid dienone is 1. The van der Waals surface area contributed by atoms with Gasteiger partial charge in [0.1, 0.15) is 5.82 Å². The van der Waals surface area contributed by atoms with Crippen LogP contribution < -0.4 is 5.32 Å². The fourth-order valence-electron chi connectivity index (χ4n) is 3.23. The molecule has 3 aromatic rings. The number of carbonyl (C=O) groups excluding carboxylic acids is 1. The van der Waals surface area contributed by atoms with Gasteiger partial charge in [-0.05, 0) is 64.8 Å². The van der Waals surface area contributed by atoms with Gasteiger partial charge in [0.15, 0.2) is 5.16 Å².